The number of oxime groups is 1. The van der Waals surface area contributed by atoms with E-state index in [0.717, 1.165) is 60.6 Å². The molecule has 1 N–H and O–H groups in total. The van der Waals surface area contributed by atoms with E-state index < -0.39 is 8.07 Å². The summed E-state index contributed by atoms with van der Waals surface area (Å²) in [4.78, 5) is 9.05. The highest BCUT2D eigenvalue weighted by Gasteiger charge is 2.23. The zero-order valence-electron chi connectivity index (χ0n) is 18.6. The van der Waals surface area contributed by atoms with Gasteiger partial charge in [-0.15, -0.1) is 5.16 Å². The van der Waals surface area contributed by atoms with Gasteiger partial charge in [-0.2, -0.15) is 5.10 Å². The summed E-state index contributed by atoms with van der Waals surface area (Å²) >= 11 is 0. The second-order valence-corrected chi connectivity index (χ2v) is 15.3. The molecule has 0 atom stereocenters. The highest BCUT2D eigenvalue weighted by molar-refractivity contribution is 6.76. The normalized spacial score (nSPS) is 20.1. The van der Waals surface area contributed by atoms with E-state index in [2.05, 4.69) is 56.8 Å². The predicted octanol–water partition coefficient (Wildman–Crippen LogP) is 4.80. The first-order valence-electron chi connectivity index (χ1n) is 11.0. The summed E-state index contributed by atoms with van der Waals surface area (Å²) < 4.78 is 10.0. The van der Waals surface area contributed by atoms with Crippen LogP contribution < -0.4 is 0 Å². The molecule has 8 nitrogen and oxygen atoms in total. The zero-order valence-corrected chi connectivity index (χ0v) is 19.6. The lowest BCUT2D eigenvalue weighted by Gasteiger charge is -2.26. The van der Waals surface area contributed by atoms with Crippen molar-refractivity contribution in [3.63, 3.8) is 0 Å². The van der Waals surface area contributed by atoms with Crippen molar-refractivity contribution in [1.82, 2.24) is 24.3 Å². The minimum Gasteiger partial charge on any atom is -0.411 e. The third kappa shape index (κ3) is 5.22. The number of hydrogen-bond acceptors (Lipinski definition) is 6. The van der Waals surface area contributed by atoms with Crippen molar-refractivity contribution < 1.29 is 9.94 Å². The average molecular weight is 441 g/mol. The first kappa shape index (κ1) is 21.7. The van der Waals surface area contributed by atoms with Gasteiger partial charge in [0, 0.05) is 44.2 Å². The summed E-state index contributed by atoms with van der Waals surface area (Å²) in [6.45, 7) is 8.36. The Morgan fingerprint density at radius 1 is 1.23 bits per heavy atom. The summed E-state index contributed by atoms with van der Waals surface area (Å²) in [5, 5.41) is 17.6. The van der Waals surface area contributed by atoms with Gasteiger partial charge in [0.2, 0.25) is 0 Å². The molecule has 31 heavy (non-hydrogen) atoms. The van der Waals surface area contributed by atoms with E-state index in [1.807, 2.05) is 17.0 Å². The third-order valence-corrected chi connectivity index (χ3v) is 7.75. The topological polar surface area (TPSA) is 90.4 Å². The van der Waals surface area contributed by atoms with E-state index >= 15 is 0 Å². The molecule has 1 saturated carbocycles. The molecule has 3 heterocycles. The Balaban J connectivity index is 1.46. The Morgan fingerprint density at radius 2 is 2.03 bits per heavy atom. The first-order valence-corrected chi connectivity index (χ1v) is 14.7. The van der Waals surface area contributed by atoms with Gasteiger partial charge in [0.15, 0.2) is 0 Å². The smallest absolute Gasteiger partial charge is 0.145 e. The molecule has 0 bridgehead atoms. The molecule has 0 aliphatic heterocycles. The highest BCUT2D eigenvalue weighted by atomic mass is 28.3. The molecule has 0 amide bonds. The van der Waals surface area contributed by atoms with Crippen molar-refractivity contribution >= 4 is 25.3 Å². The SMILES string of the molecule is C[Si](C)(C)CCOCn1ccc2c(-c3cnn(C4CCC(C=NO)CC4)c3)ncnc21. The molecule has 1 aliphatic rings. The fraction of sp³-hybridized carbons (Fsp3) is 0.545. The van der Waals surface area contributed by atoms with Gasteiger partial charge in [-0.25, -0.2) is 9.97 Å². The molecule has 0 unspecified atom stereocenters. The van der Waals surface area contributed by atoms with Crippen molar-refractivity contribution in [2.24, 2.45) is 11.1 Å². The fourth-order valence-corrected chi connectivity index (χ4v) is 4.91. The Labute approximate surface area is 184 Å². The molecule has 1 aliphatic carbocycles. The minimum atomic E-state index is -1.09. The molecule has 1 fully saturated rings. The Morgan fingerprint density at radius 3 is 2.77 bits per heavy atom. The Hall–Kier alpha value is -2.52. The molecule has 0 aromatic carbocycles. The molecule has 3 aromatic heterocycles. The quantitative estimate of drug-likeness (QED) is 0.179. The number of ether oxygens (including phenoxy) is 1. The van der Waals surface area contributed by atoms with Gasteiger partial charge >= 0.3 is 0 Å². The Kier molecular flexibility index (Phi) is 6.52. The molecule has 4 rings (SSSR count). The number of hydrogen-bond donors (Lipinski definition) is 1. The maximum absolute atomic E-state index is 8.74. The van der Waals surface area contributed by atoms with Crippen LogP contribution in [-0.2, 0) is 11.5 Å². The lowest BCUT2D eigenvalue weighted by Crippen LogP contribution is -2.22. The lowest BCUT2D eigenvalue weighted by molar-refractivity contribution is 0.0899. The van der Waals surface area contributed by atoms with E-state index in [4.69, 9.17) is 9.94 Å². The van der Waals surface area contributed by atoms with Crippen molar-refractivity contribution in [1.29, 1.82) is 0 Å². The van der Waals surface area contributed by atoms with Gasteiger partial charge in [-0.1, -0.05) is 19.6 Å². The zero-order chi connectivity index (χ0) is 21.8. The summed E-state index contributed by atoms with van der Waals surface area (Å²) in [5.74, 6) is 0.366. The van der Waals surface area contributed by atoms with Crippen molar-refractivity contribution in [3.8, 4) is 11.3 Å². The minimum absolute atomic E-state index is 0.366. The van der Waals surface area contributed by atoms with E-state index in [1.54, 1.807) is 12.5 Å². The summed E-state index contributed by atoms with van der Waals surface area (Å²) in [7, 11) is -1.09. The highest BCUT2D eigenvalue weighted by Crippen LogP contribution is 2.33. The van der Waals surface area contributed by atoms with E-state index in [1.165, 1.54) is 0 Å². The summed E-state index contributed by atoms with van der Waals surface area (Å²) in [6, 6.07) is 3.59. The molecule has 0 saturated heterocycles. The molecular formula is C22H32N6O2Si. The van der Waals surface area contributed by atoms with Crippen molar-refractivity contribution in [2.75, 3.05) is 6.61 Å². The first-order chi connectivity index (χ1) is 14.9. The van der Waals surface area contributed by atoms with Crippen LogP contribution in [0.1, 0.15) is 31.7 Å². The number of rotatable bonds is 8. The van der Waals surface area contributed by atoms with Crippen molar-refractivity contribution in [2.45, 2.75) is 64.1 Å². The number of nitrogens with zero attached hydrogens (tertiary/aromatic N) is 6. The second-order valence-electron chi connectivity index (χ2n) is 9.64. The predicted molar refractivity (Wildman–Crippen MR) is 124 cm³/mol. The maximum Gasteiger partial charge on any atom is 0.145 e. The van der Waals surface area contributed by atoms with Crippen LogP contribution in [0.3, 0.4) is 0 Å². The van der Waals surface area contributed by atoms with Crippen LogP contribution in [0.4, 0.5) is 0 Å². The molecule has 0 radical (unpaired) electrons. The number of fused-ring (bicyclic) bond motifs is 1. The van der Waals surface area contributed by atoms with Gasteiger partial charge in [0.1, 0.15) is 18.7 Å². The lowest BCUT2D eigenvalue weighted by atomic mass is 9.87. The molecule has 9 heteroatoms. The molecule has 0 spiro atoms. The fourth-order valence-electron chi connectivity index (χ4n) is 4.15. The van der Waals surface area contributed by atoms with Gasteiger partial charge in [-0.3, -0.25) is 4.68 Å². The Bertz CT molecular complexity index is 1030. The summed E-state index contributed by atoms with van der Waals surface area (Å²) in [5.41, 5.74) is 2.79. The standard InChI is InChI=1S/C22H32N6O2Si/c1-31(2,3)11-10-30-16-27-9-8-20-21(23-15-24-22(20)27)18-13-25-28(14-18)19-6-4-17(5-7-19)12-26-29/h8-9,12-15,17,19,29H,4-7,10-11,16H2,1-3H3. The van der Waals surface area contributed by atoms with Crippen LogP contribution in [0.15, 0.2) is 36.1 Å². The largest absolute Gasteiger partial charge is 0.411 e. The maximum atomic E-state index is 8.74. The van der Waals surface area contributed by atoms with Gasteiger partial charge < -0.3 is 14.5 Å². The summed E-state index contributed by atoms with van der Waals surface area (Å²) in [6.07, 6.45) is 13.4. The molecular weight excluding hydrogens is 408 g/mol. The average Bonchev–Trinajstić information content (AvgIpc) is 3.39. The van der Waals surface area contributed by atoms with E-state index in [0.29, 0.717) is 18.7 Å². The van der Waals surface area contributed by atoms with E-state index in [-0.39, 0.29) is 0 Å². The van der Waals surface area contributed by atoms with Gasteiger partial charge in [0.05, 0.1) is 17.9 Å². The van der Waals surface area contributed by atoms with Crippen LogP contribution in [-0.4, -0.2) is 50.4 Å². The van der Waals surface area contributed by atoms with Crippen LogP contribution in [0.25, 0.3) is 22.3 Å². The van der Waals surface area contributed by atoms with Gasteiger partial charge in [-0.05, 0) is 43.7 Å². The molecule has 166 valence electrons. The van der Waals surface area contributed by atoms with E-state index in [9.17, 15) is 0 Å². The monoisotopic (exact) mass is 440 g/mol. The third-order valence-electron chi connectivity index (χ3n) is 6.05. The van der Waals surface area contributed by atoms with Crippen molar-refractivity contribution in [3.05, 3.63) is 31.0 Å². The second kappa shape index (κ2) is 9.31. The van der Waals surface area contributed by atoms with Crippen LogP contribution in [0, 0.1) is 5.92 Å². The number of aromatic nitrogens is 5. The van der Waals surface area contributed by atoms with Crippen LogP contribution in [0.2, 0.25) is 25.7 Å². The van der Waals surface area contributed by atoms with Crippen LogP contribution in [0.5, 0.6) is 0 Å². The van der Waals surface area contributed by atoms with Crippen LogP contribution >= 0.6 is 0 Å². The van der Waals surface area contributed by atoms with Gasteiger partial charge in [0.25, 0.3) is 0 Å². The molecule has 3 aromatic rings.